The molecule has 1 heterocycles. The largest absolute Gasteiger partial charge is 0.415 e. The first-order chi connectivity index (χ1) is 11.8. The smallest absolute Gasteiger partial charge is 0.371 e. The van der Waals surface area contributed by atoms with Crippen molar-refractivity contribution in [1.82, 2.24) is 10.6 Å². The van der Waals surface area contributed by atoms with Crippen molar-refractivity contribution >= 4 is 23.2 Å². The van der Waals surface area contributed by atoms with Crippen LogP contribution in [0.4, 0.5) is 13.2 Å². The summed E-state index contributed by atoms with van der Waals surface area (Å²) in [4.78, 5) is 0. The van der Waals surface area contributed by atoms with E-state index in [1.807, 2.05) is 12.1 Å². The highest BCUT2D eigenvalue weighted by Gasteiger charge is 2.40. The van der Waals surface area contributed by atoms with E-state index in [1.54, 1.807) is 6.07 Å². The molecule has 2 atom stereocenters. The maximum atomic E-state index is 12.7. The van der Waals surface area contributed by atoms with Crippen LogP contribution in [0, 0.1) is 0 Å². The van der Waals surface area contributed by atoms with Gasteiger partial charge in [0.15, 0.2) is 6.10 Å². The highest BCUT2D eigenvalue weighted by Crippen LogP contribution is 2.37. The van der Waals surface area contributed by atoms with Crippen LogP contribution >= 0.6 is 23.2 Å². The Morgan fingerprint density at radius 3 is 2.64 bits per heavy atom. The molecule has 1 aromatic rings. The van der Waals surface area contributed by atoms with Gasteiger partial charge in [0, 0.05) is 25.6 Å². The summed E-state index contributed by atoms with van der Waals surface area (Å²) < 4.78 is 42.7. The number of benzene rings is 1. The summed E-state index contributed by atoms with van der Waals surface area (Å²) in [5, 5.41) is 7.25. The van der Waals surface area contributed by atoms with Crippen LogP contribution < -0.4 is 10.6 Å². The Morgan fingerprint density at radius 2 is 2.08 bits per heavy atom. The van der Waals surface area contributed by atoms with Gasteiger partial charge in [0.1, 0.15) is 0 Å². The fraction of sp³-hybridized carbons (Fsp3) is 0.647. The van der Waals surface area contributed by atoms with E-state index in [-0.39, 0.29) is 12.0 Å². The zero-order valence-electron chi connectivity index (χ0n) is 14.1. The second-order valence-electron chi connectivity index (χ2n) is 6.41. The van der Waals surface area contributed by atoms with E-state index in [4.69, 9.17) is 23.2 Å². The Balaban J connectivity index is 2.02. The van der Waals surface area contributed by atoms with Crippen molar-refractivity contribution in [2.45, 2.75) is 37.0 Å². The lowest BCUT2D eigenvalue weighted by molar-refractivity contribution is -0.210. The SMILES string of the molecule is COC(CNCC[C@]1(c2ccc(Cl)c(Cl)c2)CCCNC1)C(F)(F)F. The molecule has 0 saturated carbocycles. The highest BCUT2D eigenvalue weighted by atomic mass is 35.5. The van der Waals surface area contributed by atoms with Gasteiger partial charge in [0.25, 0.3) is 0 Å². The van der Waals surface area contributed by atoms with E-state index in [1.165, 1.54) is 0 Å². The highest BCUT2D eigenvalue weighted by molar-refractivity contribution is 6.42. The number of hydrogen-bond acceptors (Lipinski definition) is 3. The Labute approximate surface area is 156 Å². The van der Waals surface area contributed by atoms with Crippen LogP contribution in [0.25, 0.3) is 0 Å². The quantitative estimate of drug-likeness (QED) is 0.676. The molecule has 0 radical (unpaired) electrons. The number of nitrogens with one attached hydrogen (secondary N) is 2. The first-order valence-corrected chi connectivity index (χ1v) is 9.00. The zero-order valence-corrected chi connectivity index (χ0v) is 15.6. The van der Waals surface area contributed by atoms with E-state index >= 15 is 0 Å². The van der Waals surface area contributed by atoms with Gasteiger partial charge in [0.05, 0.1) is 10.0 Å². The molecule has 2 N–H and O–H groups in total. The molecule has 25 heavy (non-hydrogen) atoms. The Morgan fingerprint density at radius 1 is 1.32 bits per heavy atom. The maximum Gasteiger partial charge on any atom is 0.415 e. The fourth-order valence-electron chi connectivity index (χ4n) is 3.29. The van der Waals surface area contributed by atoms with Crippen LogP contribution in [0.5, 0.6) is 0 Å². The molecule has 1 aromatic carbocycles. The molecule has 0 aliphatic carbocycles. The first kappa shape index (κ1) is 20.8. The number of methoxy groups -OCH3 is 1. The van der Waals surface area contributed by atoms with Crippen LogP contribution in [0.15, 0.2) is 18.2 Å². The molecule has 2 rings (SSSR count). The van der Waals surface area contributed by atoms with Gasteiger partial charge in [-0.2, -0.15) is 13.2 Å². The van der Waals surface area contributed by atoms with Gasteiger partial charge in [-0.3, -0.25) is 0 Å². The minimum absolute atomic E-state index is 0.166. The minimum atomic E-state index is -4.37. The summed E-state index contributed by atoms with van der Waals surface area (Å²) in [5.41, 5.74) is 0.898. The number of hydrogen-bond donors (Lipinski definition) is 2. The van der Waals surface area contributed by atoms with E-state index < -0.39 is 12.3 Å². The van der Waals surface area contributed by atoms with E-state index in [0.29, 0.717) is 23.0 Å². The summed E-state index contributed by atoms with van der Waals surface area (Å²) in [6, 6.07) is 5.59. The zero-order chi connectivity index (χ0) is 18.5. The Kier molecular flexibility index (Phi) is 7.40. The molecule has 0 amide bonds. The van der Waals surface area contributed by atoms with Crippen molar-refractivity contribution in [1.29, 1.82) is 0 Å². The average molecular weight is 399 g/mol. The fourth-order valence-corrected chi connectivity index (χ4v) is 3.59. The van der Waals surface area contributed by atoms with Gasteiger partial charge in [0.2, 0.25) is 0 Å². The Hall–Kier alpha value is -0.530. The lowest BCUT2D eigenvalue weighted by Gasteiger charge is -2.39. The Bertz CT molecular complexity index is 563. The average Bonchev–Trinajstić information content (AvgIpc) is 2.57. The van der Waals surface area contributed by atoms with E-state index in [2.05, 4.69) is 15.4 Å². The monoisotopic (exact) mass is 398 g/mol. The maximum absolute atomic E-state index is 12.7. The van der Waals surface area contributed by atoms with Gasteiger partial charge in [-0.25, -0.2) is 0 Å². The lowest BCUT2D eigenvalue weighted by atomic mass is 9.72. The van der Waals surface area contributed by atoms with Gasteiger partial charge in [-0.05, 0) is 50.0 Å². The molecular formula is C17H23Cl2F3N2O. The molecule has 1 aliphatic rings. The summed E-state index contributed by atoms with van der Waals surface area (Å²) in [5.74, 6) is 0. The van der Waals surface area contributed by atoms with Gasteiger partial charge < -0.3 is 15.4 Å². The topological polar surface area (TPSA) is 33.3 Å². The van der Waals surface area contributed by atoms with Crippen molar-refractivity contribution in [2.24, 2.45) is 0 Å². The molecule has 0 bridgehead atoms. The van der Waals surface area contributed by atoms with Gasteiger partial charge in [-0.1, -0.05) is 29.3 Å². The third kappa shape index (κ3) is 5.47. The molecule has 1 saturated heterocycles. The number of halogens is 5. The summed E-state index contributed by atoms with van der Waals surface area (Å²) in [6.45, 7) is 1.90. The van der Waals surface area contributed by atoms with E-state index in [0.717, 1.165) is 38.6 Å². The van der Waals surface area contributed by atoms with Crippen LogP contribution in [0.2, 0.25) is 10.0 Å². The van der Waals surface area contributed by atoms with Crippen LogP contribution in [0.1, 0.15) is 24.8 Å². The van der Waals surface area contributed by atoms with Crippen molar-refractivity contribution in [3.8, 4) is 0 Å². The third-order valence-electron chi connectivity index (χ3n) is 4.76. The number of ether oxygens (including phenoxy) is 1. The van der Waals surface area contributed by atoms with E-state index in [9.17, 15) is 13.2 Å². The molecular weight excluding hydrogens is 376 g/mol. The van der Waals surface area contributed by atoms with Crippen LogP contribution in [0.3, 0.4) is 0 Å². The van der Waals surface area contributed by atoms with Gasteiger partial charge in [-0.15, -0.1) is 0 Å². The van der Waals surface area contributed by atoms with Crippen molar-refractivity contribution in [3.63, 3.8) is 0 Å². The number of piperidine rings is 1. The predicted octanol–water partition coefficient (Wildman–Crippen LogP) is 4.17. The van der Waals surface area contributed by atoms with Gasteiger partial charge >= 0.3 is 6.18 Å². The van der Waals surface area contributed by atoms with Crippen LogP contribution in [-0.4, -0.2) is 45.6 Å². The first-order valence-electron chi connectivity index (χ1n) is 8.25. The van der Waals surface area contributed by atoms with Crippen molar-refractivity contribution < 1.29 is 17.9 Å². The van der Waals surface area contributed by atoms with Crippen molar-refractivity contribution in [2.75, 3.05) is 33.3 Å². The predicted molar refractivity (Wildman–Crippen MR) is 94.6 cm³/mol. The molecule has 8 heteroatoms. The normalized spacial score (nSPS) is 22.8. The summed E-state index contributed by atoms with van der Waals surface area (Å²) >= 11 is 12.2. The molecule has 3 nitrogen and oxygen atoms in total. The molecule has 1 aliphatic heterocycles. The number of alkyl halides is 3. The number of rotatable bonds is 7. The molecule has 1 unspecified atom stereocenters. The molecule has 1 fully saturated rings. The van der Waals surface area contributed by atoms with Crippen LogP contribution in [-0.2, 0) is 10.2 Å². The molecule has 0 spiro atoms. The summed E-state index contributed by atoms with van der Waals surface area (Å²) in [7, 11) is 1.07. The second kappa shape index (κ2) is 8.91. The van der Waals surface area contributed by atoms with Crippen molar-refractivity contribution in [3.05, 3.63) is 33.8 Å². The standard InChI is InChI=1S/C17H23Cl2F3N2O/c1-25-15(17(20,21)22)10-23-8-6-16(5-2-7-24-11-16)12-3-4-13(18)14(19)9-12/h3-4,9,15,23-24H,2,5-8,10-11H2,1H3/t15?,16-/m1/s1. The minimum Gasteiger partial charge on any atom is -0.371 e. The lowest BCUT2D eigenvalue weighted by Crippen LogP contribution is -2.46. The third-order valence-corrected chi connectivity index (χ3v) is 5.50. The second-order valence-corrected chi connectivity index (χ2v) is 7.22. The molecule has 0 aromatic heterocycles. The summed E-state index contributed by atoms with van der Waals surface area (Å²) in [6.07, 6.45) is -3.50. The molecule has 142 valence electrons.